The number of fused-ring (bicyclic) bond motifs is 2. The Morgan fingerprint density at radius 3 is 2.64 bits per heavy atom. The van der Waals surface area contributed by atoms with Crippen LogP contribution >= 0.6 is 9.24 Å². The SMILES string of the molecule is COC1(C)C(=O)N(c2cc(Cc3n[nH]c(=O)c4cc(P)ccc34)ccc2F)c2ccccc21. The fourth-order valence-electron chi connectivity index (χ4n) is 4.35. The van der Waals surface area contributed by atoms with Gasteiger partial charge in [0.05, 0.1) is 22.5 Å². The van der Waals surface area contributed by atoms with Crippen molar-refractivity contribution >= 4 is 42.6 Å². The molecule has 8 heteroatoms. The number of carbonyl (C=O) groups excluding carboxylic acids is 1. The van der Waals surface area contributed by atoms with E-state index in [9.17, 15) is 9.59 Å². The molecule has 0 spiro atoms. The minimum absolute atomic E-state index is 0.145. The number of ether oxygens (including phenoxy) is 1. The minimum atomic E-state index is -1.20. The van der Waals surface area contributed by atoms with Crippen LogP contribution in [0.2, 0.25) is 0 Å². The van der Waals surface area contributed by atoms with Gasteiger partial charge in [-0.15, -0.1) is 9.24 Å². The van der Waals surface area contributed by atoms with E-state index in [1.807, 2.05) is 24.3 Å². The quantitative estimate of drug-likeness (QED) is 0.471. The molecule has 1 N–H and O–H groups in total. The number of nitrogens with one attached hydrogen (secondary N) is 1. The lowest BCUT2D eigenvalue weighted by atomic mass is 9.98. The number of H-pyrrole nitrogens is 1. The number of carbonyl (C=O) groups is 1. The summed E-state index contributed by atoms with van der Waals surface area (Å²) in [6.07, 6.45) is 0.349. The maximum atomic E-state index is 15.0. The van der Waals surface area contributed by atoms with Gasteiger partial charge in [-0.1, -0.05) is 36.4 Å². The van der Waals surface area contributed by atoms with E-state index in [2.05, 4.69) is 19.4 Å². The number of aromatic amines is 1. The van der Waals surface area contributed by atoms with E-state index >= 15 is 4.39 Å². The fraction of sp³-hybridized carbons (Fsp3) is 0.160. The number of benzene rings is 3. The van der Waals surface area contributed by atoms with E-state index < -0.39 is 11.4 Å². The Morgan fingerprint density at radius 2 is 1.85 bits per heavy atom. The summed E-state index contributed by atoms with van der Waals surface area (Å²) < 4.78 is 20.6. The van der Waals surface area contributed by atoms with Gasteiger partial charge in [-0.25, -0.2) is 9.49 Å². The molecule has 1 amide bonds. The van der Waals surface area contributed by atoms with E-state index in [4.69, 9.17) is 4.74 Å². The van der Waals surface area contributed by atoms with Crippen molar-refractivity contribution in [2.45, 2.75) is 18.9 Å². The zero-order valence-electron chi connectivity index (χ0n) is 18.1. The average Bonchev–Trinajstić information content (AvgIpc) is 3.04. The number of amides is 1. The Bertz CT molecular complexity index is 1490. The molecule has 6 nitrogen and oxygen atoms in total. The van der Waals surface area contributed by atoms with E-state index in [0.717, 1.165) is 16.3 Å². The first-order valence-electron chi connectivity index (χ1n) is 10.4. The second-order valence-corrected chi connectivity index (χ2v) is 8.83. The predicted octanol–water partition coefficient (Wildman–Crippen LogP) is 3.69. The molecule has 1 aliphatic heterocycles. The highest BCUT2D eigenvalue weighted by Crippen LogP contribution is 2.46. The normalized spacial score (nSPS) is 17.6. The van der Waals surface area contributed by atoms with E-state index in [1.54, 1.807) is 37.3 Å². The van der Waals surface area contributed by atoms with Crippen molar-refractivity contribution in [3.8, 4) is 0 Å². The zero-order valence-corrected chi connectivity index (χ0v) is 19.2. The van der Waals surface area contributed by atoms with E-state index in [-0.39, 0.29) is 17.2 Å². The summed E-state index contributed by atoms with van der Waals surface area (Å²) in [6, 6.07) is 17.4. The topological polar surface area (TPSA) is 75.3 Å². The van der Waals surface area contributed by atoms with Crippen molar-refractivity contribution in [3.63, 3.8) is 0 Å². The molecule has 0 aliphatic carbocycles. The van der Waals surface area contributed by atoms with Crippen molar-refractivity contribution in [3.05, 3.63) is 93.7 Å². The van der Waals surface area contributed by atoms with Crippen LogP contribution in [0, 0.1) is 5.82 Å². The number of aromatic nitrogens is 2. The minimum Gasteiger partial charge on any atom is -0.364 e. The van der Waals surface area contributed by atoms with Gasteiger partial charge < -0.3 is 4.74 Å². The van der Waals surface area contributed by atoms with Crippen molar-refractivity contribution in [1.82, 2.24) is 10.2 Å². The van der Waals surface area contributed by atoms with Crippen molar-refractivity contribution < 1.29 is 13.9 Å². The number of hydrogen-bond donors (Lipinski definition) is 1. The number of hydrogen-bond acceptors (Lipinski definition) is 4. The van der Waals surface area contributed by atoms with Gasteiger partial charge in [0.15, 0.2) is 5.60 Å². The second-order valence-electron chi connectivity index (χ2n) is 8.16. The highest BCUT2D eigenvalue weighted by Gasteiger charge is 2.49. The van der Waals surface area contributed by atoms with Crippen LogP contribution in [0.4, 0.5) is 15.8 Å². The second kappa shape index (κ2) is 7.87. The molecule has 2 unspecified atom stereocenters. The third-order valence-electron chi connectivity index (χ3n) is 6.19. The van der Waals surface area contributed by atoms with Crippen LogP contribution in [-0.4, -0.2) is 23.2 Å². The Labute approximate surface area is 191 Å². The highest BCUT2D eigenvalue weighted by molar-refractivity contribution is 7.27. The number of rotatable bonds is 4. The first-order chi connectivity index (χ1) is 15.8. The molecule has 2 heterocycles. The van der Waals surface area contributed by atoms with E-state index in [0.29, 0.717) is 28.8 Å². The Kier molecular flexibility index (Phi) is 5.11. The van der Waals surface area contributed by atoms with Crippen LogP contribution in [-0.2, 0) is 21.6 Å². The third-order valence-corrected chi connectivity index (χ3v) is 6.55. The lowest BCUT2D eigenvalue weighted by Crippen LogP contribution is -2.37. The molecule has 0 fully saturated rings. The number of halogens is 1. The molecule has 0 radical (unpaired) electrons. The lowest BCUT2D eigenvalue weighted by Gasteiger charge is -2.23. The van der Waals surface area contributed by atoms with Gasteiger partial charge in [0, 0.05) is 24.5 Å². The fourth-order valence-corrected chi connectivity index (χ4v) is 4.62. The number of nitrogens with zero attached hydrogens (tertiary/aromatic N) is 2. The molecule has 0 saturated heterocycles. The lowest BCUT2D eigenvalue weighted by molar-refractivity contribution is -0.137. The molecule has 166 valence electrons. The Hall–Kier alpha value is -3.41. The largest absolute Gasteiger partial charge is 0.364 e. The summed E-state index contributed by atoms with van der Waals surface area (Å²) in [7, 11) is 4.04. The van der Waals surface area contributed by atoms with Crippen LogP contribution in [0.3, 0.4) is 0 Å². The number of para-hydroxylation sites is 1. The summed E-state index contributed by atoms with van der Waals surface area (Å²) >= 11 is 0. The van der Waals surface area contributed by atoms with Crippen LogP contribution in [0.15, 0.2) is 65.5 Å². The maximum absolute atomic E-state index is 15.0. The molecule has 0 bridgehead atoms. The molecular weight excluding hydrogens is 440 g/mol. The molecule has 33 heavy (non-hydrogen) atoms. The van der Waals surface area contributed by atoms with Crippen LogP contribution in [0.1, 0.15) is 23.7 Å². The van der Waals surface area contributed by atoms with Gasteiger partial charge in [-0.3, -0.25) is 14.5 Å². The molecule has 2 atom stereocenters. The van der Waals surface area contributed by atoms with Crippen molar-refractivity contribution in [2.75, 3.05) is 12.0 Å². The molecule has 1 aliphatic rings. The van der Waals surface area contributed by atoms with Gasteiger partial charge in [0.1, 0.15) is 5.82 Å². The predicted molar refractivity (Wildman–Crippen MR) is 129 cm³/mol. The van der Waals surface area contributed by atoms with Gasteiger partial charge in [0.2, 0.25) is 0 Å². The summed E-state index contributed by atoms with van der Waals surface area (Å²) in [5.74, 6) is -0.878. The molecule has 4 aromatic rings. The summed E-state index contributed by atoms with van der Waals surface area (Å²) in [4.78, 5) is 27.0. The first-order valence-corrected chi connectivity index (χ1v) is 11.0. The third kappa shape index (κ3) is 3.36. The first kappa shape index (κ1) is 21.4. The van der Waals surface area contributed by atoms with Gasteiger partial charge in [-0.05, 0) is 42.1 Å². The van der Waals surface area contributed by atoms with Gasteiger partial charge in [0.25, 0.3) is 11.5 Å². The van der Waals surface area contributed by atoms with Gasteiger partial charge >= 0.3 is 0 Å². The molecular formula is C25H21FN3O3P. The van der Waals surface area contributed by atoms with Crippen molar-refractivity contribution in [2.24, 2.45) is 0 Å². The Balaban J connectivity index is 1.60. The number of anilines is 2. The monoisotopic (exact) mass is 461 g/mol. The Morgan fingerprint density at radius 1 is 1.06 bits per heavy atom. The summed E-state index contributed by atoms with van der Waals surface area (Å²) in [6.45, 7) is 1.69. The molecule has 5 rings (SSSR count). The molecule has 0 saturated carbocycles. The molecule has 1 aromatic heterocycles. The zero-order chi connectivity index (χ0) is 23.3. The standard InChI is InChI=1S/C25H21FN3O3P/c1-25(32-2)18-5-3-4-6-21(18)29(24(25)31)22-12-14(7-10-19(22)26)11-20-16-9-8-15(33)13-17(16)23(30)28-27-20/h3-10,12-13H,11,33H2,1-2H3,(H,28,30). The smallest absolute Gasteiger partial charge is 0.272 e. The highest BCUT2D eigenvalue weighted by atomic mass is 31.0. The maximum Gasteiger partial charge on any atom is 0.272 e. The number of methoxy groups -OCH3 is 1. The van der Waals surface area contributed by atoms with Crippen LogP contribution in [0.5, 0.6) is 0 Å². The van der Waals surface area contributed by atoms with E-state index in [1.165, 1.54) is 18.1 Å². The summed E-state index contributed by atoms with van der Waals surface area (Å²) in [5, 5.41) is 8.92. The molecule has 3 aromatic carbocycles. The van der Waals surface area contributed by atoms with Crippen molar-refractivity contribution in [1.29, 1.82) is 0 Å². The average molecular weight is 461 g/mol. The summed E-state index contributed by atoms with van der Waals surface area (Å²) in [5.41, 5.74) is 1.35. The van der Waals surface area contributed by atoms with Gasteiger partial charge in [-0.2, -0.15) is 5.10 Å². The van der Waals surface area contributed by atoms with Crippen LogP contribution < -0.4 is 15.8 Å². The van der Waals surface area contributed by atoms with Crippen LogP contribution in [0.25, 0.3) is 10.8 Å².